The summed E-state index contributed by atoms with van der Waals surface area (Å²) in [4.78, 5) is 4.29. The molecule has 6 heteroatoms. The number of hydrogen-bond donors (Lipinski definition) is 2. The molecule has 2 N–H and O–H groups in total. The van der Waals surface area contributed by atoms with E-state index in [0.29, 0.717) is 24.9 Å². The molecule has 0 aliphatic rings. The van der Waals surface area contributed by atoms with E-state index in [1.165, 1.54) is 0 Å². The zero-order valence-corrected chi connectivity index (χ0v) is 11.3. The lowest BCUT2D eigenvalue weighted by Crippen LogP contribution is -2.07. The van der Waals surface area contributed by atoms with Crippen molar-refractivity contribution in [2.24, 2.45) is 0 Å². The highest BCUT2D eigenvalue weighted by atomic mass is 16.5. The van der Waals surface area contributed by atoms with Crippen LogP contribution in [0.2, 0.25) is 0 Å². The van der Waals surface area contributed by atoms with Gasteiger partial charge in [-0.2, -0.15) is 10.1 Å². The van der Waals surface area contributed by atoms with Crippen LogP contribution in [0.5, 0.6) is 5.75 Å². The third-order valence-electron chi connectivity index (χ3n) is 2.60. The van der Waals surface area contributed by atoms with Crippen molar-refractivity contribution >= 4 is 11.8 Å². The number of benzene rings is 1. The molecule has 1 aromatic carbocycles. The van der Waals surface area contributed by atoms with E-state index in [1.54, 1.807) is 19.4 Å². The van der Waals surface area contributed by atoms with E-state index in [9.17, 15) is 0 Å². The van der Waals surface area contributed by atoms with Crippen LogP contribution in [0.15, 0.2) is 43.1 Å². The van der Waals surface area contributed by atoms with Crippen LogP contribution in [-0.2, 0) is 6.54 Å². The molecule has 20 heavy (non-hydrogen) atoms. The SMILES string of the molecule is C=CCNc1nncc(NCc2ccc(OC)cc2)n1. The Bertz CT molecular complexity index is 556. The Morgan fingerprint density at radius 2 is 2.05 bits per heavy atom. The van der Waals surface area contributed by atoms with Crippen LogP contribution in [0.25, 0.3) is 0 Å². The van der Waals surface area contributed by atoms with Crippen LogP contribution >= 0.6 is 0 Å². The van der Waals surface area contributed by atoms with E-state index >= 15 is 0 Å². The molecule has 0 spiro atoms. The summed E-state index contributed by atoms with van der Waals surface area (Å²) in [5.41, 5.74) is 1.13. The summed E-state index contributed by atoms with van der Waals surface area (Å²) in [5.74, 6) is 1.99. The minimum absolute atomic E-state index is 0.477. The van der Waals surface area contributed by atoms with Crippen LogP contribution in [0.3, 0.4) is 0 Å². The van der Waals surface area contributed by atoms with Gasteiger partial charge in [-0.1, -0.05) is 18.2 Å². The fourth-order valence-electron chi connectivity index (χ4n) is 1.56. The monoisotopic (exact) mass is 271 g/mol. The molecule has 0 saturated carbocycles. The van der Waals surface area contributed by atoms with Crippen LogP contribution in [0.1, 0.15) is 5.56 Å². The van der Waals surface area contributed by atoms with Crippen molar-refractivity contribution < 1.29 is 4.74 Å². The van der Waals surface area contributed by atoms with Crippen molar-refractivity contribution in [3.63, 3.8) is 0 Å². The highest BCUT2D eigenvalue weighted by Gasteiger charge is 2.00. The second-order valence-corrected chi connectivity index (χ2v) is 4.04. The molecule has 2 rings (SSSR count). The van der Waals surface area contributed by atoms with Crippen LogP contribution in [0, 0.1) is 0 Å². The van der Waals surface area contributed by atoms with Crippen molar-refractivity contribution in [1.82, 2.24) is 15.2 Å². The minimum Gasteiger partial charge on any atom is -0.497 e. The molecule has 0 aliphatic carbocycles. The van der Waals surface area contributed by atoms with E-state index in [1.807, 2.05) is 24.3 Å². The molecule has 0 fully saturated rings. The lowest BCUT2D eigenvalue weighted by atomic mass is 10.2. The van der Waals surface area contributed by atoms with Gasteiger partial charge in [-0.3, -0.25) is 0 Å². The third-order valence-corrected chi connectivity index (χ3v) is 2.60. The first-order valence-electron chi connectivity index (χ1n) is 6.23. The largest absolute Gasteiger partial charge is 0.497 e. The quantitative estimate of drug-likeness (QED) is 0.751. The number of nitrogens with zero attached hydrogens (tertiary/aromatic N) is 3. The van der Waals surface area contributed by atoms with E-state index in [2.05, 4.69) is 32.4 Å². The topological polar surface area (TPSA) is 72.0 Å². The second-order valence-electron chi connectivity index (χ2n) is 4.04. The zero-order chi connectivity index (χ0) is 14.2. The Morgan fingerprint density at radius 1 is 1.25 bits per heavy atom. The number of aromatic nitrogens is 3. The Morgan fingerprint density at radius 3 is 2.75 bits per heavy atom. The van der Waals surface area contributed by atoms with Gasteiger partial charge in [0.1, 0.15) is 5.75 Å². The van der Waals surface area contributed by atoms with Crippen LogP contribution in [-0.4, -0.2) is 28.8 Å². The molecule has 0 bridgehead atoms. The molecule has 1 aromatic heterocycles. The molecular weight excluding hydrogens is 254 g/mol. The van der Waals surface area contributed by atoms with Gasteiger partial charge in [-0.15, -0.1) is 11.7 Å². The van der Waals surface area contributed by atoms with Gasteiger partial charge in [0.25, 0.3) is 0 Å². The maximum absolute atomic E-state index is 5.12. The summed E-state index contributed by atoms with van der Waals surface area (Å²) in [6.45, 7) is 4.88. The number of nitrogens with one attached hydrogen (secondary N) is 2. The van der Waals surface area contributed by atoms with E-state index in [-0.39, 0.29) is 0 Å². The fraction of sp³-hybridized carbons (Fsp3) is 0.214. The molecule has 104 valence electrons. The Kier molecular flexibility index (Phi) is 4.88. The number of anilines is 2. The Labute approximate surface area is 117 Å². The smallest absolute Gasteiger partial charge is 0.244 e. The molecule has 1 heterocycles. The van der Waals surface area contributed by atoms with E-state index in [0.717, 1.165) is 11.3 Å². The highest BCUT2D eigenvalue weighted by molar-refractivity contribution is 5.38. The average molecular weight is 271 g/mol. The van der Waals surface area contributed by atoms with Gasteiger partial charge >= 0.3 is 0 Å². The molecule has 6 nitrogen and oxygen atoms in total. The highest BCUT2D eigenvalue weighted by Crippen LogP contribution is 2.12. The molecule has 0 saturated heterocycles. The number of hydrogen-bond acceptors (Lipinski definition) is 6. The second kappa shape index (κ2) is 7.08. The molecular formula is C14H17N5O. The van der Waals surface area contributed by atoms with Crippen molar-refractivity contribution in [2.75, 3.05) is 24.3 Å². The summed E-state index contributed by atoms with van der Waals surface area (Å²) in [6, 6.07) is 7.84. The lowest BCUT2D eigenvalue weighted by molar-refractivity contribution is 0.414. The first-order valence-corrected chi connectivity index (χ1v) is 6.23. The van der Waals surface area contributed by atoms with Gasteiger partial charge in [-0.25, -0.2) is 0 Å². The first-order chi connectivity index (χ1) is 9.81. The first kappa shape index (κ1) is 13.8. The maximum Gasteiger partial charge on any atom is 0.244 e. The standard InChI is InChI=1S/C14H17N5O/c1-3-8-15-14-18-13(10-17-19-14)16-9-11-4-6-12(20-2)7-5-11/h3-7,10H,1,8-9H2,2H3,(H2,15,16,18,19). The van der Waals surface area contributed by atoms with Crippen molar-refractivity contribution in [1.29, 1.82) is 0 Å². The molecule has 0 unspecified atom stereocenters. The van der Waals surface area contributed by atoms with Gasteiger partial charge in [-0.05, 0) is 17.7 Å². The van der Waals surface area contributed by atoms with Gasteiger partial charge in [0, 0.05) is 13.1 Å². The molecule has 0 radical (unpaired) electrons. The Hall–Kier alpha value is -2.63. The summed E-state index contributed by atoms with van der Waals surface area (Å²) in [7, 11) is 1.65. The maximum atomic E-state index is 5.12. The summed E-state index contributed by atoms with van der Waals surface area (Å²) in [5, 5.41) is 13.9. The van der Waals surface area contributed by atoms with E-state index in [4.69, 9.17) is 4.74 Å². The predicted molar refractivity (Wildman–Crippen MR) is 78.8 cm³/mol. The molecule has 0 amide bonds. The molecule has 0 aliphatic heterocycles. The van der Waals surface area contributed by atoms with Gasteiger partial charge in [0.15, 0.2) is 5.82 Å². The normalized spacial score (nSPS) is 9.85. The summed E-state index contributed by atoms with van der Waals surface area (Å²) in [6.07, 6.45) is 3.32. The van der Waals surface area contributed by atoms with Crippen LogP contribution in [0.4, 0.5) is 11.8 Å². The van der Waals surface area contributed by atoms with Crippen molar-refractivity contribution in [3.05, 3.63) is 48.7 Å². The molecule has 2 aromatic rings. The van der Waals surface area contributed by atoms with E-state index < -0.39 is 0 Å². The average Bonchev–Trinajstić information content (AvgIpc) is 2.52. The zero-order valence-electron chi connectivity index (χ0n) is 11.3. The summed E-state index contributed by atoms with van der Waals surface area (Å²) >= 11 is 0. The van der Waals surface area contributed by atoms with Gasteiger partial charge < -0.3 is 15.4 Å². The Balaban J connectivity index is 1.93. The number of methoxy groups -OCH3 is 1. The predicted octanol–water partition coefficient (Wildman–Crippen LogP) is 2.09. The fourth-order valence-corrected chi connectivity index (χ4v) is 1.56. The summed E-state index contributed by atoms with van der Waals surface area (Å²) < 4.78 is 5.12. The van der Waals surface area contributed by atoms with Crippen molar-refractivity contribution in [2.45, 2.75) is 6.54 Å². The van der Waals surface area contributed by atoms with Gasteiger partial charge in [0.2, 0.25) is 5.95 Å². The molecule has 0 atom stereocenters. The lowest BCUT2D eigenvalue weighted by Gasteiger charge is -2.07. The van der Waals surface area contributed by atoms with Crippen LogP contribution < -0.4 is 15.4 Å². The van der Waals surface area contributed by atoms with Gasteiger partial charge in [0.05, 0.1) is 13.3 Å². The number of ether oxygens (including phenoxy) is 1. The van der Waals surface area contributed by atoms with Crippen molar-refractivity contribution in [3.8, 4) is 5.75 Å². The third kappa shape index (κ3) is 3.94. The number of rotatable bonds is 7. The minimum atomic E-state index is 0.477.